The first kappa shape index (κ1) is 20.7. The van der Waals surface area contributed by atoms with E-state index in [-0.39, 0.29) is 23.7 Å². The standard InChI is InChI=1S/C23H28N2O4/c1-28-20-11-10-17(13-21(20)29-2)15-25-23(27)19-14-18(19)22(26)24-12-6-9-16-7-4-3-5-8-16/h3-5,7-8,10-11,13,18-19H,6,9,12,14-15H2,1-2H3,(H,24,26)(H,25,27). The lowest BCUT2D eigenvalue weighted by atomic mass is 10.1. The Balaban J connectivity index is 1.37. The van der Waals surface area contributed by atoms with Crippen LogP contribution in [0.25, 0.3) is 0 Å². The first-order valence-corrected chi connectivity index (χ1v) is 9.92. The van der Waals surface area contributed by atoms with Crippen molar-refractivity contribution in [2.75, 3.05) is 20.8 Å². The van der Waals surface area contributed by atoms with Gasteiger partial charge in [0.25, 0.3) is 0 Å². The number of ether oxygens (including phenoxy) is 2. The molecule has 2 unspecified atom stereocenters. The zero-order chi connectivity index (χ0) is 20.6. The molecule has 1 saturated carbocycles. The van der Waals surface area contributed by atoms with Gasteiger partial charge in [0.05, 0.1) is 26.1 Å². The highest BCUT2D eigenvalue weighted by Crippen LogP contribution is 2.38. The zero-order valence-electron chi connectivity index (χ0n) is 16.9. The largest absolute Gasteiger partial charge is 0.493 e. The molecule has 3 rings (SSSR count). The molecule has 0 bridgehead atoms. The Bertz CT molecular complexity index is 838. The Hall–Kier alpha value is -3.02. The first-order chi connectivity index (χ1) is 14.1. The molecule has 2 amide bonds. The molecule has 1 fully saturated rings. The van der Waals surface area contributed by atoms with E-state index in [1.54, 1.807) is 14.2 Å². The fourth-order valence-electron chi connectivity index (χ4n) is 3.37. The minimum atomic E-state index is -0.232. The van der Waals surface area contributed by atoms with Crippen LogP contribution >= 0.6 is 0 Å². The van der Waals surface area contributed by atoms with Crippen LogP contribution in [-0.2, 0) is 22.6 Å². The molecule has 29 heavy (non-hydrogen) atoms. The van der Waals surface area contributed by atoms with Crippen LogP contribution in [0, 0.1) is 11.8 Å². The number of aryl methyl sites for hydroxylation is 1. The van der Waals surface area contributed by atoms with Crippen molar-refractivity contribution in [2.45, 2.75) is 25.8 Å². The summed E-state index contributed by atoms with van der Waals surface area (Å²) in [4.78, 5) is 24.6. The molecule has 2 atom stereocenters. The molecule has 0 aliphatic heterocycles. The number of rotatable bonds is 10. The van der Waals surface area contributed by atoms with Crippen molar-refractivity contribution < 1.29 is 19.1 Å². The van der Waals surface area contributed by atoms with Gasteiger partial charge in [-0.05, 0) is 42.5 Å². The van der Waals surface area contributed by atoms with Crippen molar-refractivity contribution >= 4 is 11.8 Å². The predicted octanol–water partition coefficient (Wildman–Crippen LogP) is 2.71. The topological polar surface area (TPSA) is 76.7 Å². The lowest BCUT2D eigenvalue weighted by molar-refractivity contribution is -0.127. The molecule has 0 heterocycles. The Kier molecular flexibility index (Phi) is 7.11. The molecule has 0 aromatic heterocycles. The van der Waals surface area contributed by atoms with Gasteiger partial charge >= 0.3 is 0 Å². The van der Waals surface area contributed by atoms with Gasteiger partial charge in [-0.2, -0.15) is 0 Å². The van der Waals surface area contributed by atoms with E-state index in [1.807, 2.05) is 36.4 Å². The van der Waals surface area contributed by atoms with Crippen LogP contribution in [0.2, 0.25) is 0 Å². The van der Waals surface area contributed by atoms with Crippen molar-refractivity contribution in [3.8, 4) is 11.5 Å². The molecule has 1 aliphatic carbocycles. The summed E-state index contributed by atoms with van der Waals surface area (Å²) in [5.74, 6) is 0.724. The number of hydrogen-bond donors (Lipinski definition) is 2. The monoisotopic (exact) mass is 396 g/mol. The highest BCUT2D eigenvalue weighted by Gasteiger charge is 2.47. The number of amides is 2. The minimum absolute atomic E-state index is 0.0238. The highest BCUT2D eigenvalue weighted by molar-refractivity contribution is 5.92. The molecule has 6 nitrogen and oxygen atoms in total. The van der Waals surface area contributed by atoms with E-state index in [4.69, 9.17) is 9.47 Å². The molecule has 1 aliphatic rings. The Morgan fingerprint density at radius 1 is 0.897 bits per heavy atom. The second kappa shape index (κ2) is 9.96. The van der Waals surface area contributed by atoms with Crippen molar-refractivity contribution in [1.29, 1.82) is 0 Å². The molecule has 154 valence electrons. The van der Waals surface area contributed by atoms with Crippen molar-refractivity contribution in [3.63, 3.8) is 0 Å². The number of carbonyl (C=O) groups excluding carboxylic acids is 2. The van der Waals surface area contributed by atoms with E-state index in [0.717, 1.165) is 18.4 Å². The van der Waals surface area contributed by atoms with Crippen molar-refractivity contribution in [3.05, 3.63) is 59.7 Å². The lowest BCUT2D eigenvalue weighted by Crippen LogP contribution is -2.30. The summed E-state index contributed by atoms with van der Waals surface area (Å²) in [6, 6.07) is 15.7. The second-order valence-corrected chi connectivity index (χ2v) is 7.24. The number of methoxy groups -OCH3 is 2. The van der Waals surface area contributed by atoms with E-state index >= 15 is 0 Å². The van der Waals surface area contributed by atoms with E-state index in [9.17, 15) is 9.59 Å². The smallest absolute Gasteiger partial charge is 0.224 e. The van der Waals surface area contributed by atoms with E-state index in [1.165, 1.54) is 5.56 Å². The number of carbonyl (C=O) groups is 2. The molecule has 0 spiro atoms. The third-order valence-electron chi connectivity index (χ3n) is 5.16. The van der Waals surface area contributed by atoms with Gasteiger partial charge in [-0.15, -0.1) is 0 Å². The van der Waals surface area contributed by atoms with Gasteiger partial charge in [0, 0.05) is 13.1 Å². The maximum absolute atomic E-state index is 12.3. The molecule has 2 aromatic carbocycles. The lowest BCUT2D eigenvalue weighted by Gasteiger charge is -2.10. The third-order valence-corrected chi connectivity index (χ3v) is 5.16. The fraction of sp³-hybridized carbons (Fsp3) is 0.391. The summed E-state index contributed by atoms with van der Waals surface area (Å²) >= 11 is 0. The van der Waals surface area contributed by atoms with Crippen molar-refractivity contribution in [1.82, 2.24) is 10.6 Å². The number of benzene rings is 2. The number of nitrogens with one attached hydrogen (secondary N) is 2. The van der Waals surface area contributed by atoms with Crippen LogP contribution in [0.3, 0.4) is 0 Å². The molecule has 0 saturated heterocycles. The number of hydrogen-bond acceptors (Lipinski definition) is 4. The van der Waals surface area contributed by atoms with E-state index in [0.29, 0.717) is 31.0 Å². The van der Waals surface area contributed by atoms with Crippen molar-refractivity contribution in [2.24, 2.45) is 11.8 Å². The van der Waals surface area contributed by atoms with Crippen LogP contribution in [0.5, 0.6) is 11.5 Å². The summed E-state index contributed by atoms with van der Waals surface area (Å²) in [5, 5.41) is 5.86. The maximum Gasteiger partial charge on any atom is 0.224 e. The first-order valence-electron chi connectivity index (χ1n) is 9.92. The Morgan fingerprint density at radius 3 is 2.28 bits per heavy atom. The maximum atomic E-state index is 12.3. The quantitative estimate of drug-likeness (QED) is 0.606. The molecule has 2 aromatic rings. The van der Waals surface area contributed by atoms with Crippen LogP contribution in [-0.4, -0.2) is 32.6 Å². The SMILES string of the molecule is COc1ccc(CNC(=O)C2CC2C(=O)NCCCc2ccccc2)cc1OC. The van der Waals surface area contributed by atoms with Crippen LogP contribution in [0.15, 0.2) is 48.5 Å². The van der Waals surface area contributed by atoms with Gasteiger partial charge in [-0.3, -0.25) is 9.59 Å². The molecule has 0 radical (unpaired) electrons. The second-order valence-electron chi connectivity index (χ2n) is 7.24. The predicted molar refractivity (Wildman–Crippen MR) is 111 cm³/mol. The van der Waals surface area contributed by atoms with Gasteiger partial charge in [0.1, 0.15) is 0 Å². The van der Waals surface area contributed by atoms with E-state index < -0.39 is 0 Å². The summed E-state index contributed by atoms with van der Waals surface area (Å²) in [5.41, 5.74) is 2.18. The summed E-state index contributed by atoms with van der Waals surface area (Å²) in [6.07, 6.45) is 2.43. The van der Waals surface area contributed by atoms with Gasteiger partial charge in [0.15, 0.2) is 11.5 Å². The molecular weight excluding hydrogens is 368 g/mol. The molecule has 6 heteroatoms. The fourth-order valence-corrected chi connectivity index (χ4v) is 3.37. The van der Waals surface area contributed by atoms with Gasteiger partial charge in [-0.1, -0.05) is 36.4 Å². The average molecular weight is 396 g/mol. The van der Waals surface area contributed by atoms with Crippen LogP contribution in [0.4, 0.5) is 0 Å². The Morgan fingerprint density at radius 2 is 1.59 bits per heavy atom. The van der Waals surface area contributed by atoms with Crippen LogP contribution in [0.1, 0.15) is 24.0 Å². The van der Waals surface area contributed by atoms with Crippen LogP contribution < -0.4 is 20.1 Å². The molecule has 2 N–H and O–H groups in total. The average Bonchev–Trinajstić information content (AvgIpc) is 3.56. The van der Waals surface area contributed by atoms with Gasteiger partial charge < -0.3 is 20.1 Å². The Labute approximate surface area is 171 Å². The molecular formula is C23H28N2O4. The summed E-state index contributed by atoms with van der Waals surface area (Å²) in [7, 11) is 3.16. The zero-order valence-corrected chi connectivity index (χ0v) is 16.9. The summed E-state index contributed by atoms with van der Waals surface area (Å²) < 4.78 is 10.5. The minimum Gasteiger partial charge on any atom is -0.493 e. The third kappa shape index (κ3) is 5.73. The van der Waals surface area contributed by atoms with E-state index in [2.05, 4.69) is 22.8 Å². The highest BCUT2D eigenvalue weighted by atomic mass is 16.5. The van der Waals surface area contributed by atoms with Gasteiger partial charge in [-0.25, -0.2) is 0 Å². The van der Waals surface area contributed by atoms with Gasteiger partial charge in [0.2, 0.25) is 11.8 Å². The normalized spacial score (nSPS) is 17.3. The summed E-state index contributed by atoms with van der Waals surface area (Å²) in [6.45, 7) is 1.02.